The van der Waals surface area contributed by atoms with Gasteiger partial charge in [-0.15, -0.1) is 0 Å². The van der Waals surface area contributed by atoms with Gasteiger partial charge in [0, 0.05) is 12.2 Å². The largest absolute Gasteiger partial charge is 0.306 e. The van der Waals surface area contributed by atoms with Crippen LogP contribution < -0.4 is 5.32 Å². The molecular formula is C14H25N3. The monoisotopic (exact) mass is 235 g/mol. The zero-order valence-corrected chi connectivity index (χ0v) is 11.4. The molecule has 2 rings (SSSR count). The average molecular weight is 235 g/mol. The molecule has 96 valence electrons. The van der Waals surface area contributed by atoms with Gasteiger partial charge < -0.3 is 5.32 Å². The van der Waals surface area contributed by atoms with E-state index in [1.54, 1.807) is 0 Å². The van der Waals surface area contributed by atoms with E-state index in [1.165, 1.54) is 31.4 Å². The molecule has 1 N–H and O–H groups in total. The van der Waals surface area contributed by atoms with Crippen LogP contribution in [0.15, 0.2) is 12.3 Å². The lowest BCUT2D eigenvalue weighted by atomic mass is 9.87. The highest BCUT2D eigenvalue weighted by molar-refractivity contribution is 5.16. The normalized spacial score (nSPS) is 26.1. The van der Waals surface area contributed by atoms with Crippen LogP contribution in [0.2, 0.25) is 0 Å². The minimum atomic E-state index is 0.150. The van der Waals surface area contributed by atoms with Crippen molar-refractivity contribution in [1.82, 2.24) is 15.1 Å². The van der Waals surface area contributed by atoms with Gasteiger partial charge in [0.25, 0.3) is 0 Å². The summed E-state index contributed by atoms with van der Waals surface area (Å²) in [6, 6.07) is 2.63. The topological polar surface area (TPSA) is 29.9 Å². The fraction of sp³-hybridized carbons (Fsp3) is 0.786. The van der Waals surface area contributed by atoms with Crippen molar-refractivity contribution in [2.45, 2.75) is 64.5 Å². The third-order valence-corrected chi connectivity index (χ3v) is 4.00. The first-order valence-corrected chi connectivity index (χ1v) is 6.98. The van der Waals surface area contributed by atoms with Crippen molar-refractivity contribution >= 4 is 0 Å². The first-order valence-electron chi connectivity index (χ1n) is 6.98. The summed E-state index contributed by atoms with van der Waals surface area (Å²) in [5.74, 6) is 0. The van der Waals surface area contributed by atoms with Gasteiger partial charge in [-0.3, -0.25) is 4.68 Å². The molecule has 1 aliphatic heterocycles. The Bertz CT molecular complexity index is 346. The van der Waals surface area contributed by atoms with E-state index in [4.69, 9.17) is 0 Å². The number of aromatic nitrogens is 2. The second-order valence-corrected chi connectivity index (χ2v) is 5.43. The fourth-order valence-electron chi connectivity index (χ4n) is 2.95. The molecule has 2 heterocycles. The fourth-order valence-corrected chi connectivity index (χ4v) is 2.95. The molecule has 1 unspecified atom stereocenters. The first-order chi connectivity index (χ1) is 8.19. The predicted octanol–water partition coefficient (Wildman–Crippen LogP) is 3.23. The molecular weight excluding hydrogens is 210 g/mol. The maximum atomic E-state index is 4.49. The molecule has 0 spiro atoms. The zero-order valence-electron chi connectivity index (χ0n) is 11.4. The van der Waals surface area contributed by atoms with E-state index < -0.39 is 0 Å². The van der Waals surface area contributed by atoms with Gasteiger partial charge in [0.05, 0.1) is 11.2 Å². The third-order valence-electron chi connectivity index (χ3n) is 4.00. The first kappa shape index (κ1) is 12.6. The van der Waals surface area contributed by atoms with Gasteiger partial charge in [-0.25, -0.2) is 0 Å². The van der Waals surface area contributed by atoms with E-state index in [0.29, 0.717) is 6.04 Å². The van der Waals surface area contributed by atoms with Gasteiger partial charge in [0.1, 0.15) is 0 Å². The quantitative estimate of drug-likeness (QED) is 0.871. The minimum absolute atomic E-state index is 0.150. The molecule has 1 saturated heterocycles. The van der Waals surface area contributed by atoms with Crippen LogP contribution in [0.4, 0.5) is 0 Å². The van der Waals surface area contributed by atoms with Crippen molar-refractivity contribution in [1.29, 1.82) is 0 Å². The minimum Gasteiger partial charge on any atom is -0.306 e. The van der Waals surface area contributed by atoms with Gasteiger partial charge in [-0.05, 0) is 45.7 Å². The highest BCUT2D eigenvalue weighted by Crippen LogP contribution is 2.33. The number of hydrogen-bond acceptors (Lipinski definition) is 2. The SMILES string of the molecule is CCC1(c2ccnn2C(C)C)CCCCCN1. The highest BCUT2D eigenvalue weighted by atomic mass is 15.3. The lowest BCUT2D eigenvalue weighted by Gasteiger charge is -2.34. The highest BCUT2D eigenvalue weighted by Gasteiger charge is 2.33. The second kappa shape index (κ2) is 5.21. The van der Waals surface area contributed by atoms with Crippen LogP contribution in [-0.4, -0.2) is 16.3 Å². The molecule has 1 fully saturated rings. The summed E-state index contributed by atoms with van der Waals surface area (Å²) in [6.07, 6.45) is 8.30. The Kier molecular flexibility index (Phi) is 3.87. The molecule has 17 heavy (non-hydrogen) atoms. The summed E-state index contributed by atoms with van der Waals surface area (Å²) < 4.78 is 2.18. The molecule has 0 bridgehead atoms. The van der Waals surface area contributed by atoms with Gasteiger partial charge in [-0.1, -0.05) is 19.8 Å². The molecule has 3 nitrogen and oxygen atoms in total. The van der Waals surface area contributed by atoms with E-state index in [-0.39, 0.29) is 5.54 Å². The standard InChI is InChI=1S/C14H25N3/c1-4-14(9-6-5-7-10-15-14)13-8-11-16-17(13)12(2)3/h8,11-12,15H,4-7,9-10H2,1-3H3. The van der Waals surface area contributed by atoms with Crippen LogP contribution in [0.3, 0.4) is 0 Å². The lowest BCUT2D eigenvalue weighted by Crippen LogP contribution is -2.43. The van der Waals surface area contributed by atoms with Crippen LogP contribution in [0.25, 0.3) is 0 Å². The Hall–Kier alpha value is -0.830. The molecule has 0 amide bonds. The van der Waals surface area contributed by atoms with Crippen LogP contribution >= 0.6 is 0 Å². The summed E-state index contributed by atoms with van der Waals surface area (Å²) in [7, 11) is 0. The summed E-state index contributed by atoms with van der Waals surface area (Å²) in [4.78, 5) is 0. The molecule has 0 radical (unpaired) electrons. The van der Waals surface area contributed by atoms with Crippen molar-refractivity contribution in [2.75, 3.05) is 6.54 Å². The van der Waals surface area contributed by atoms with Crippen molar-refractivity contribution in [2.24, 2.45) is 0 Å². The lowest BCUT2D eigenvalue weighted by molar-refractivity contribution is 0.280. The molecule has 0 aliphatic carbocycles. The summed E-state index contributed by atoms with van der Waals surface area (Å²) in [5.41, 5.74) is 1.52. The summed E-state index contributed by atoms with van der Waals surface area (Å²) in [6.45, 7) is 7.83. The number of nitrogens with zero attached hydrogens (tertiary/aromatic N) is 2. The van der Waals surface area contributed by atoms with E-state index >= 15 is 0 Å². The van der Waals surface area contributed by atoms with Gasteiger partial charge in [0.2, 0.25) is 0 Å². The van der Waals surface area contributed by atoms with E-state index in [9.17, 15) is 0 Å². The van der Waals surface area contributed by atoms with Gasteiger partial charge >= 0.3 is 0 Å². The Morgan fingerprint density at radius 2 is 2.24 bits per heavy atom. The van der Waals surface area contributed by atoms with Crippen molar-refractivity contribution in [3.8, 4) is 0 Å². The third kappa shape index (κ3) is 2.39. The van der Waals surface area contributed by atoms with Crippen LogP contribution in [0.5, 0.6) is 0 Å². The Labute approximate surface area is 105 Å². The van der Waals surface area contributed by atoms with Crippen LogP contribution in [0, 0.1) is 0 Å². The Morgan fingerprint density at radius 3 is 2.94 bits per heavy atom. The molecule has 0 saturated carbocycles. The predicted molar refractivity (Wildman–Crippen MR) is 71.1 cm³/mol. The number of rotatable bonds is 3. The van der Waals surface area contributed by atoms with Crippen LogP contribution in [-0.2, 0) is 5.54 Å². The zero-order chi connectivity index (χ0) is 12.3. The molecule has 1 aromatic heterocycles. The Balaban J connectivity index is 2.35. The maximum Gasteiger partial charge on any atom is 0.0603 e. The van der Waals surface area contributed by atoms with Gasteiger partial charge in [-0.2, -0.15) is 5.10 Å². The second-order valence-electron chi connectivity index (χ2n) is 5.43. The molecule has 1 aliphatic rings. The van der Waals surface area contributed by atoms with Crippen molar-refractivity contribution in [3.05, 3.63) is 18.0 Å². The smallest absolute Gasteiger partial charge is 0.0603 e. The summed E-state index contributed by atoms with van der Waals surface area (Å²) in [5, 5.41) is 8.27. The molecule has 1 aromatic rings. The van der Waals surface area contributed by atoms with E-state index in [2.05, 4.69) is 41.9 Å². The number of nitrogens with one attached hydrogen (secondary N) is 1. The average Bonchev–Trinajstić information content (AvgIpc) is 2.69. The number of hydrogen-bond donors (Lipinski definition) is 1. The van der Waals surface area contributed by atoms with E-state index in [0.717, 1.165) is 13.0 Å². The van der Waals surface area contributed by atoms with Crippen molar-refractivity contribution < 1.29 is 0 Å². The Morgan fingerprint density at radius 1 is 1.41 bits per heavy atom. The van der Waals surface area contributed by atoms with Crippen molar-refractivity contribution in [3.63, 3.8) is 0 Å². The maximum absolute atomic E-state index is 4.49. The molecule has 0 aromatic carbocycles. The summed E-state index contributed by atoms with van der Waals surface area (Å²) >= 11 is 0. The molecule has 3 heteroatoms. The van der Waals surface area contributed by atoms with Crippen LogP contribution in [0.1, 0.15) is 64.6 Å². The van der Waals surface area contributed by atoms with Gasteiger partial charge in [0.15, 0.2) is 0 Å². The van der Waals surface area contributed by atoms with E-state index in [1.807, 2.05) is 6.20 Å². The molecule has 1 atom stereocenters.